The Bertz CT molecular complexity index is 958. The summed E-state index contributed by atoms with van der Waals surface area (Å²) >= 11 is 0. The second-order valence-electron chi connectivity index (χ2n) is 7.33. The zero-order valence-electron chi connectivity index (χ0n) is 15.9. The summed E-state index contributed by atoms with van der Waals surface area (Å²) in [5.74, 6) is 1.90. The smallest absolute Gasteiger partial charge is 0.251 e. The van der Waals surface area contributed by atoms with Crippen LogP contribution in [0.3, 0.4) is 0 Å². The van der Waals surface area contributed by atoms with E-state index in [4.69, 9.17) is 9.72 Å². The van der Waals surface area contributed by atoms with E-state index in [-0.39, 0.29) is 12.0 Å². The van der Waals surface area contributed by atoms with Gasteiger partial charge in [0.1, 0.15) is 11.6 Å². The fourth-order valence-corrected chi connectivity index (χ4v) is 3.56. The average molecular weight is 363 g/mol. The number of hydrogen-bond acceptors (Lipinski definition) is 3. The number of benzene rings is 2. The van der Waals surface area contributed by atoms with Crippen molar-refractivity contribution in [3.05, 3.63) is 59.4 Å². The van der Waals surface area contributed by atoms with Gasteiger partial charge in [0.2, 0.25) is 0 Å². The number of carbonyl (C=O) groups excluding carboxylic acids is 1. The first-order chi connectivity index (χ1) is 13.1. The predicted octanol–water partition coefficient (Wildman–Crippen LogP) is 4.09. The monoisotopic (exact) mass is 363 g/mol. The summed E-state index contributed by atoms with van der Waals surface area (Å²) in [5, 5.41) is 2.99. The molecule has 2 heterocycles. The van der Waals surface area contributed by atoms with Crippen molar-refractivity contribution < 1.29 is 9.53 Å². The Balaban J connectivity index is 1.43. The van der Waals surface area contributed by atoms with E-state index in [0.717, 1.165) is 41.1 Å². The highest BCUT2D eigenvalue weighted by Crippen LogP contribution is 2.23. The lowest BCUT2D eigenvalue weighted by Crippen LogP contribution is -2.22. The molecule has 4 rings (SSSR count). The lowest BCUT2D eigenvalue weighted by molar-refractivity contribution is 0.0951. The molecular weight excluding hydrogens is 338 g/mol. The maximum atomic E-state index is 12.5. The van der Waals surface area contributed by atoms with Gasteiger partial charge < -0.3 is 14.6 Å². The van der Waals surface area contributed by atoms with Crippen molar-refractivity contribution in [1.29, 1.82) is 0 Å². The second-order valence-corrected chi connectivity index (χ2v) is 7.33. The molecule has 1 amide bonds. The topological polar surface area (TPSA) is 56.1 Å². The van der Waals surface area contributed by atoms with Crippen molar-refractivity contribution in [1.82, 2.24) is 14.9 Å². The molecule has 0 saturated carbocycles. The van der Waals surface area contributed by atoms with Gasteiger partial charge in [0, 0.05) is 25.1 Å². The van der Waals surface area contributed by atoms with E-state index >= 15 is 0 Å². The summed E-state index contributed by atoms with van der Waals surface area (Å²) < 4.78 is 7.92. The number of imidazole rings is 1. The molecule has 5 heteroatoms. The summed E-state index contributed by atoms with van der Waals surface area (Å²) in [6, 6.07) is 13.6. The van der Waals surface area contributed by atoms with Gasteiger partial charge in [0.15, 0.2) is 0 Å². The highest BCUT2D eigenvalue weighted by molar-refractivity contribution is 5.97. The largest absolute Gasteiger partial charge is 0.491 e. The van der Waals surface area contributed by atoms with E-state index in [2.05, 4.69) is 9.88 Å². The summed E-state index contributed by atoms with van der Waals surface area (Å²) in [6.07, 6.45) is 3.56. The van der Waals surface area contributed by atoms with E-state index in [1.807, 2.05) is 56.3 Å². The third-order valence-electron chi connectivity index (χ3n) is 4.87. The number of nitrogens with zero attached hydrogens (tertiary/aromatic N) is 2. The highest BCUT2D eigenvalue weighted by Gasteiger charge is 2.16. The molecule has 2 aromatic carbocycles. The number of aromatic nitrogens is 2. The summed E-state index contributed by atoms with van der Waals surface area (Å²) in [6.45, 7) is 5.51. The Hall–Kier alpha value is -2.82. The summed E-state index contributed by atoms with van der Waals surface area (Å²) in [5.41, 5.74) is 3.73. The van der Waals surface area contributed by atoms with Crippen LogP contribution in [0.15, 0.2) is 42.5 Å². The Morgan fingerprint density at radius 3 is 2.78 bits per heavy atom. The fraction of sp³-hybridized carbons (Fsp3) is 0.364. The molecule has 140 valence electrons. The van der Waals surface area contributed by atoms with E-state index in [1.165, 1.54) is 12.8 Å². The zero-order chi connectivity index (χ0) is 18.8. The van der Waals surface area contributed by atoms with Crippen LogP contribution >= 0.6 is 0 Å². The molecule has 0 fully saturated rings. The molecule has 1 aliphatic heterocycles. The van der Waals surface area contributed by atoms with E-state index in [9.17, 15) is 4.79 Å². The number of rotatable bonds is 5. The Morgan fingerprint density at radius 2 is 2.00 bits per heavy atom. The van der Waals surface area contributed by atoms with Crippen LogP contribution in [-0.2, 0) is 19.5 Å². The molecule has 27 heavy (non-hydrogen) atoms. The van der Waals surface area contributed by atoms with Crippen LogP contribution in [0.1, 0.15) is 48.4 Å². The standard InChI is InChI=1S/C22H25N3O2/c1-15(2)27-18-9-6-16(7-10-18)14-23-22(26)17-8-11-20-19(13-17)24-21-5-3-4-12-25(20)21/h6-11,13,15H,3-5,12,14H2,1-2H3,(H,23,26). The van der Waals surface area contributed by atoms with Crippen LogP contribution in [0, 0.1) is 0 Å². The maximum Gasteiger partial charge on any atom is 0.251 e. The van der Waals surface area contributed by atoms with Crippen molar-refractivity contribution >= 4 is 16.9 Å². The molecule has 3 aromatic rings. The SMILES string of the molecule is CC(C)Oc1ccc(CNC(=O)c2ccc3c(c2)nc2n3CCCC2)cc1. The molecule has 1 N–H and O–H groups in total. The fourth-order valence-electron chi connectivity index (χ4n) is 3.56. The van der Waals surface area contributed by atoms with E-state index in [1.54, 1.807) is 0 Å². The van der Waals surface area contributed by atoms with Crippen LogP contribution in [0.2, 0.25) is 0 Å². The van der Waals surface area contributed by atoms with Crippen LogP contribution in [0.25, 0.3) is 11.0 Å². The minimum absolute atomic E-state index is 0.0784. The molecular formula is C22H25N3O2. The molecule has 1 aliphatic rings. The Labute approximate surface area is 159 Å². The van der Waals surface area contributed by atoms with Gasteiger partial charge >= 0.3 is 0 Å². The molecule has 0 aliphatic carbocycles. The Morgan fingerprint density at radius 1 is 1.19 bits per heavy atom. The van der Waals surface area contributed by atoms with Gasteiger partial charge in [-0.2, -0.15) is 0 Å². The molecule has 0 saturated heterocycles. The van der Waals surface area contributed by atoms with Crippen LogP contribution in [0.5, 0.6) is 5.75 Å². The van der Waals surface area contributed by atoms with E-state index < -0.39 is 0 Å². The summed E-state index contributed by atoms with van der Waals surface area (Å²) in [4.78, 5) is 17.3. The number of amides is 1. The number of ether oxygens (including phenoxy) is 1. The normalized spacial score (nSPS) is 13.6. The maximum absolute atomic E-state index is 12.5. The molecule has 0 bridgehead atoms. The Kier molecular flexibility index (Phi) is 4.84. The van der Waals surface area contributed by atoms with Crippen molar-refractivity contribution in [2.75, 3.05) is 0 Å². The molecule has 5 nitrogen and oxygen atoms in total. The lowest BCUT2D eigenvalue weighted by Gasteiger charge is -2.13. The average Bonchev–Trinajstić information content (AvgIpc) is 3.04. The zero-order valence-corrected chi connectivity index (χ0v) is 15.9. The van der Waals surface area contributed by atoms with Crippen molar-refractivity contribution in [3.8, 4) is 5.75 Å². The molecule has 0 spiro atoms. The van der Waals surface area contributed by atoms with Gasteiger partial charge in [-0.3, -0.25) is 4.79 Å². The first-order valence-electron chi connectivity index (χ1n) is 9.63. The van der Waals surface area contributed by atoms with Gasteiger partial charge in [-0.1, -0.05) is 12.1 Å². The number of aryl methyl sites for hydroxylation is 2. The number of carbonyl (C=O) groups is 1. The van der Waals surface area contributed by atoms with Gasteiger partial charge in [-0.15, -0.1) is 0 Å². The highest BCUT2D eigenvalue weighted by atomic mass is 16.5. The minimum atomic E-state index is -0.0784. The van der Waals surface area contributed by atoms with Gasteiger partial charge in [-0.05, 0) is 62.6 Å². The van der Waals surface area contributed by atoms with Crippen LogP contribution in [0.4, 0.5) is 0 Å². The minimum Gasteiger partial charge on any atom is -0.491 e. The molecule has 0 radical (unpaired) electrons. The van der Waals surface area contributed by atoms with Crippen molar-refractivity contribution in [2.45, 2.75) is 52.3 Å². The quantitative estimate of drug-likeness (QED) is 0.743. The number of nitrogens with one attached hydrogen (secondary N) is 1. The van der Waals surface area contributed by atoms with Gasteiger partial charge in [0.05, 0.1) is 17.1 Å². The van der Waals surface area contributed by atoms with Crippen LogP contribution < -0.4 is 10.1 Å². The number of fused-ring (bicyclic) bond motifs is 3. The molecule has 1 aromatic heterocycles. The van der Waals surface area contributed by atoms with Crippen LogP contribution in [-0.4, -0.2) is 21.6 Å². The van der Waals surface area contributed by atoms with E-state index in [0.29, 0.717) is 12.1 Å². The third-order valence-corrected chi connectivity index (χ3v) is 4.87. The second kappa shape index (κ2) is 7.43. The van der Waals surface area contributed by atoms with Crippen molar-refractivity contribution in [3.63, 3.8) is 0 Å². The summed E-state index contributed by atoms with van der Waals surface area (Å²) in [7, 11) is 0. The first-order valence-corrected chi connectivity index (χ1v) is 9.63. The predicted molar refractivity (Wildman–Crippen MR) is 106 cm³/mol. The van der Waals surface area contributed by atoms with Gasteiger partial charge in [0.25, 0.3) is 5.91 Å². The third kappa shape index (κ3) is 3.82. The molecule has 0 unspecified atom stereocenters. The lowest BCUT2D eigenvalue weighted by atomic mass is 10.1. The molecule has 0 atom stereocenters. The van der Waals surface area contributed by atoms with Gasteiger partial charge in [-0.25, -0.2) is 4.98 Å². The number of hydrogen-bond donors (Lipinski definition) is 1. The first kappa shape index (κ1) is 17.6. The van der Waals surface area contributed by atoms with Crippen molar-refractivity contribution in [2.24, 2.45) is 0 Å².